The topological polar surface area (TPSA) is 101 Å². The first kappa shape index (κ1) is 13.5. The lowest BCUT2D eigenvalue weighted by atomic mass is 10.2. The average molecular weight is 250 g/mol. The summed E-state index contributed by atoms with van der Waals surface area (Å²) in [4.78, 5) is 0. The molecule has 0 heterocycles. The number of benzene rings is 2. The molecule has 0 aliphatic heterocycles. The van der Waals surface area contributed by atoms with Crippen LogP contribution in [0.25, 0.3) is 0 Å². The highest BCUT2D eigenvalue weighted by molar-refractivity contribution is 5.39. The first-order chi connectivity index (χ1) is 8.36. The van der Waals surface area contributed by atoms with Crippen LogP contribution in [-0.2, 0) is 0 Å². The van der Waals surface area contributed by atoms with Crippen molar-refractivity contribution in [2.75, 3.05) is 0 Å². The van der Waals surface area contributed by atoms with Gasteiger partial charge in [-0.1, -0.05) is 0 Å². The predicted molar refractivity (Wildman–Crippen MR) is 65.9 cm³/mol. The van der Waals surface area contributed by atoms with Gasteiger partial charge in [0.1, 0.15) is 28.7 Å². The third kappa shape index (κ3) is 4.52. The van der Waals surface area contributed by atoms with E-state index in [0.29, 0.717) is 0 Å². The normalized spacial score (nSPS) is 9.39. The highest BCUT2D eigenvalue weighted by Gasteiger charge is 1.94. The number of aryl methyl sites for hydroxylation is 1. The maximum atomic E-state index is 8.83. The second kappa shape index (κ2) is 5.67. The molecule has 5 N–H and O–H groups in total. The van der Waals surface area contributed by atoms with Crippen LogP contribution in [0.4, 0.5) is 0 Å². The van der Waals surface area contributed by atoms with E-state index in [1.807, 2.05) is 0 Å². The molecule has 96 valence electrons. The molecule has 2 rings (SSSR count). The van der Waals surface area contributed by atoms with Gasteiger partial charge in [-0.05, 0) is 24.6 Å². The van der Waals surface area contributed by atoms with Gasteiger partial charge in [0.15, 0.2) is 0 Å². The minimum Gasteiger partial charge on any atom is -0.508 e. The third-order valence-corrected chi connectivity index (χ3v) is 1.93. The van der Waals surface area contributed by atoms with E-state index in [-0.39, 0.29) is 28.7 Å². The third-order valence-electron chi connectivity index (χ3n) is 1.93. The van der Waals surface area contributed by atoms with E-state index in [9.17, 15) is 0 Å². The SMILES string of the molecule is Cc1cc(O)cc(O)c1.Oc1cc(O)cc(O)c1. The lowest BCUT2D eigenvalue weighted by Gasteiger charge is -1.94. The summed E-state index contributed by atoms with van der Waals surface area (Å²) < 4.78 is 0. The largest absolute Gasteiger partial charge is 0.508 e. The molecule has 2 aromatic rings. The number of aromatic hydroxyl groups is 5. The first-order valence-electron chi connectivity index (χ1n) is 5.08. The Morgan fingerprint density at radius 2 is 0.722 bits per heavy atom. The zero-order valence-electron chi connectivity index (χ0n) is 9.70. The molecule has 5 heteroatoms. The molecule has 0 aromatic heterocycles. The van der Waals surface area contributed by atoms with Crippen LogP contribution in [-0.4, -0.2) is 25.5 Å². The van der Waals surface area contributed by atoms with Crippen LogP contribution in [0, 0.1) is 6.92 Å². The van der Waals surface area contributed by atoms with Gasteiger partial charge in [0.25, 0.3) is 0 Å². The second-order valence-corrected chi connectivity index (χ2v) is 3.73. The zero-order chi connectivity index (χ0) is 13.7. The molecule has 5 nitrogen and oxygen atoms in total. The van der Waals surface area contributed by atoms with Gasteiger partial charge in [-0.3, -0.25) is 0 Å². The van der Waals surface area contributed by atoms with Crippen molar-refractivity contribution in [3.05, 3.63) is 42.0 Å². The summed E-state index contributed by atoms with van der Waals surface area (Å²) in [6.07, 6.45) is 0. The Hall–Kier alpha value is -2.56. The lowest BCUT2D eigenvalue weighted by molar-refractivity contribution is 0.428. The van der Waals surface area contributed by atoms with Crippen molar-refractivity contribution in [3.8, 4) is 28.7 Å². The fourth-order valence-electron chi connectivity index (χ4n) is 1.32. The number of rotatable bonds is 0. The van der Waals surface area contributed by atoms with Crippen LogP contribution in [0.3, 0.4) is 0 Å². The molecule has 18 heavy (non-hydrogen) atoms. The Bertz CT molecular complexity index is 386. The predicted octanol–water partition coefficient (Wildman–Crippen LogP) is 2.21. The van der Waals surface area contributed by atoms with Gasteiger partial charge in [0.2, 0.25) is 0 Å². The molecule has 0 fully saturated rings. The minimum atomic E-state index is -0.146. The fraction of sp³-hybridized carbons (Fsp3) is 0.0769. The van der Waals surface area contributed by atoms with Gasteiger partial charge in [-0.25, -0.2) is 0 Å². The Balaban J connectivity index is 0.000000180. The van der Waals surface area contributed by atoms with Gasteiger partial charge in [0.05, 0.1) is 0 Å². The van der Waals surface area contributed by atoms with Gasteiger partial charge in [-0.2, -0.15) is 0 Å². The van der Waals surface area contributed by atoms with Crippen molar-refractivity contribution >= 4 is 0 Å². The Kier molecular flexibility index (Phi) is 4.26. The smallest absolute Gasteiger partial charge is 0.122 e. The molecule has 0 aliphatic rings. The van der Waals surface area contributed by atoms with E-state index >= 15 is 0 Å². The summed E-state index contributed by atoms with van der Waals surface area (Å²) in [7, 11) is 0. The minimum absolute atomic E-state index is 0.104. The van der Waals surface area contributed by atoms with E-state index in [1.165, 1.54) is 6.07 Å². The van der Waals surface area contributed by atoms with Crippen LogP contribution in [0.2, 0.25) is 0 Å². The quantitative estimate of drug-likeness (QED) is 0.493. The lowest BCUT2D eigenvalue weighted by Crippen LogP contribution is -1.70. The molecule has 0 saturated carbocycles. The van der Waals surface area contributed by atoms with Gasteiger partial charge >= 0.3 is 0 Å². The van der Waals surface area contributed by atoms with Crippen molar-refractivity contribution in [1.29, 1.82) is 0 Å². The second-order valence-electron chi connectivity index (χ2n) is 3.73. The number of hydrogen-bond acceptors (Lipinski definition) is 5. The molecular weight excluding hydrogens is 236 g/mol. The summed E-state index contributed by atoms with van der Waals surface area (Å²) in [6, 6.07) is 7.88. The fourth-order valence-corrected chi connectivity index (χ4v) is 1.32. The monoisotopic (exact) mass is 250 g/mol. The first-order valence-corrected chi connectivity index (χ1v) is 5.08. The van der Waals surface area contributed by atoms with Crippen molar-refractivity contribution in [2.24, 2.45) is 0 Å². The molecule has 2 aromatic carbocycles. The molecule has 0 amide bonds. The molecule has 0 bridgehead atoms. The van der Waals surface area contributed by atoms with Crippen molar-refractivity contribution < 1.29 is 25.5 Å². The Morgan fingerprint density at radius 1 is 0.500 bits per heavy atom. The van der Waals surface area contributed by atoms with Crippen LogP contribution < -0.4 is 0 Å². The van der Waals surface area contributed by atoms with E-state index in [4.69, 9.17) is 25.5 Å². The van der Waals surface area contributed by atoms with E-state index < -0.39 is 0 Å². The zero-order valence-corrected chi connectivity index (χ0v) is 9.70. The Labute approximate surface area is 104 Å². The molecule has 0 spiro atoms. The maximum Gasteiger partial charge on any atom is 0.122 e. The van der Waals surface area contributed by atoms with Crippen molar-refractivity contribution in [2.45, 2.75) is 6.92 Å². The summed E-state index contributed by atoms with van der Waals surface area (Å²) in [5.41, 5.74) is 0.854. The van der Waals surface area contributed by atoms with Crippen molar-refractivity contribution in [3.63, 3.8) is 0 Å². The summed E-state index contributed by atoms with van der Waals surface area (Å²) in [5, 5.41) is 43.7. The molecule has 0 aliphatic carbocycles. The molecule has 0 unspecified atom stereocenters. The van der Waals surface area contributed by atoms with Gasteiger partial charge in [0, 0.05) is 24.3 Å². The van der Waals surface area contributed by atoms with E-state index in [2.05, 4.69) is 0 Å². The molecule has 0 atom stereocenters. The number of phenolic OH excluding ortho intramolecular Hbond substituents is 5. The summed E-state index contributed by atoms with van der Waals surface area (Å²) >= 11 is 0. The van der Waals surface area contributed by atoms with E-state index in [1.54, 1.807) is 19.1 Å². The molecular formula is C13H14O5. The molecule has 0 saturated heterocycles. The maximum absolute atomic E-state index is 8.83. The standard InChI is InChI=1S/C7H8O2.C6H6O3/c1-5-2-6(8)4-7(9)3-5;7-4-1-5(8)3-6(9)2-4/h2-4,8-9H,1H3;1-3,7-9H. The number of hydrogen-bond donors (Lipinski definition) is 5. The van der Waals surface area contributed by atoms with Gasteiger partial charge in [-0.15, -0.1) is 0 Å². The van der Waals surface area contributed by atoms with Crippen LogP contribution in [0.1, 0.15) is 5.56 Å². The molecule has 0 radical (unpaired) electrons. The van der Waals surface area contributed by atoms with Crippen molar-refractivity contribution in [1.82, 2.24) is 0 Å². The highest BCUT2D eigenvalue weighted by atomic mass is 16.3. The van der Waals surface area contributed by atoms with Crippen LogP contribution in [0.5, 0.6) is 28.7 Å². The van der Waals surface area contributed by atoms with Gasteiger partial charge < -0.3 is 25.5 Å². The number of phenols is 5. The highest BCUT2D eigenvalue weighted by Crippen LogP contribution is 2.23. The van der Waals surface area contributed by atoms with E-state index in [0.717, 1.165) is 23.8 Å². The summed E-state index contributed by atoms with van der Waals surface area (Å²) in [6.45, 7) is 1.80. The van der Waals surface area contributed by atoms with Crippen LogP contribution in [0.15, 0.2) is 36.4 Å². The Morgan fingerprint density at radius 3 is 0.944 bits per heavy atom. The average Bonchev–Trinajstić information content (AvgIpc) is 2.12. The van der Waals surface area contributed by atoms with Crippen LogP contribution >= 0.6 is 0 Å². The summed E-state index contributed by atoms with van der Waals surface area (Å²) in [5.74, 6) is -0.229.